The van der Waals surface area contributed by atoms with Gasteiger partial charge in [0, 0.05) is 5.54 Å². The number of rotatable bonds is 7. The third-order valence-corrected chi connectivity index (χ3v) is 6.50. The number of aliphatic hydroxyl groups is 1. The SMILES string of the molecule is CN(C)C1(CCc2ccccc2)CCC(O)(CCc2ccccc2)CC1. The Labute approximate surface area is 158 Å². The van der Waals surface area contributed by atoms with Crippen molar-refractivity contribution in [2.24, 2.45) is 0 Å². The van der Waals surface area contributed by atoms with Crippen molar-refractivity contribution < 1.29 is 5.11 Å². The molecule has 0 aromatic heterocycles. The Bertz CT molecular complexity index is 657. The summed E-state index contributed by atoms with van der Waals surface area (Å²) in [5.41, 5.74) is 2.46. The smallest absolute Gasteiger partial charge is 0.0652 e. The molecule has 3 rings (SSSR count). The zero-order valence-corrected chi connectivity index (χ0v) is 16.3. The zero-order valence-electron chi connectivity index (χ0n) is 16.3. The molecule has 2 nitrogen and oxygen atoms in total. The van der Waals surface area contributed by atoms with E-state index in [4.69, 9.17) is 0 Å². The molecular weight excluding hydrogens is 318 g/mol. The van der Waals surface area contributed by atoms with Gasteiger partial charge in [0.1, 0.15) is 0 Å². The van der Waals surface area contributed by atoms with Gasteiger partial charge in [0.25, 0.3) is 0 Å². The topological polar surface area (TPSA) is 23.5 Å². The lowest BCUT2D eigenvalue weighted by molar-refractivity contribution is -0.0513. The molecule has 0 heterocycles. The fourth-order valence-electron chi connectivity index (χ4n) is 4.39. The second-order valence-corrected chi connectivity index (χ2v) is 8.31. The second-order valence-electron chi connectivity index (χ2n) is 8.31. The molecule has 0 unspecified atom stereocenters. The maximum Gasteiger partial charge on any atom is 0.0652 e. The Morgan fingerprint density at radius 2 is 1.19 bits per heavy atom. The minimum atomic E-state index is -0.498. The molecule has 1 fully saturated rings. The van der Waals surface area contributed by atoms with Gasteiger partial charge >= 0.3 is 0 Å². The summed E-state index contributed by atoms with van der Waals surface area (Å²) < 4.78 is 0. The molecule has 0 bridgehead atoms. The molecule has 0 radical (unpaired) electrons. The van der Waals surface area contributed by atoms with Gasteiger partial charge in [0.15, 0.2) is 0 Å². The molecule has 1 saturated carbocycles. The van der Waals surface area contributed by atoms with Crippen molar-refractivity contribution in [2.45, 2.75) is 62.5 Å². The fraction of sp³-hybridized carbons (Fsp3) is 0.500. The largest absolute Gasteiger partial charge is 0.390 e. The van der Waals surface area contributed by atoms with Crippen LogP contribution in [-0.2, 0) is 12.8 Å². The van der Waals surface area contributed by atoms with Crippen LogP contribution in [0.15, 0.2) is 60.7 Å². The van der Waals surface area contributed by atoms with E-state index >= 15 is 0 Å². The van der Waals surface area contributed by atoms with Crippen LogP contribution in [-0.4, -0.2) is 35.2 Å². The van der Waals surface area contributed by atoms with Crippen molar-refractivity contribution in [1.82, 2.24) is 4.90 Å². The highest BCUT2D eigenvalue weighted by Crippen LogP contribution is 2.42. The van der Waals surface area contributed by atoms with E-state index in [-0.39, 0.29) is 5.54 Å². The van der Waals surface area contributed by atoms with E-state index in [2.05, 4.69) is 79.7 Å². The molecule has 2 heteroatoms. The number of aryl methyl sites for hydroxylation is 2. The molecule has 0 saturated heterocycles. The molecule has 1 aliphatic carbocycles. The van der Waals surface area contributed by atoms with Gasteiger partial charge in [0.2, 0.25) is 0 Å². The quantitative estimate of drug-likeness (QED) is 0.770. The molecule has 1 N–H and O–H groups in total. The lowest BCUT2D eigenvalue weighted by atomic mass is 9.69. The summed E-state index contributed by atoms with van der Waals surface area (Å²) in [5, 5.41) is 11.1. The monoisotopic (exact) mass is 351 g/mol. The van der Waals surface area contributed by atoms with Crippen LogP contribution in [0.3, 0.4) is 0 Å². The standard InChI is InChI=1S/C24H33NO/c1-25(2)23(15-13-21-9-5-3-6-10-21)17-19-24(26,20-18-23)16-14-22-11-7-4-8-12-22/h3-12,26H,13-20H2,1-2H3. The lowest BCUT2D eigenvalue weighted by Gasteiger charge is -2.48. The van der Waals surface area contributed by atoms with Crippen LogP contribution in [0, 0.1) is 0 Å². The van der Waals surface area contributed by atoms with Crippen molar-refractivity contribution in [3.63, 3.8) is 0 Å². The number of nitrogens with zero attached hydrogens (tertiary/aromatic N) is 1. The Hall–Kier alpha value is -1.64. The normalized spacial score (nSPS) is 26.2. The number of hydrogen-bond donors (Lipinski definition) is 1. The molecule has 1 aliphatic rings. The molecule has 2 aromatic carbocycles. The average molecular weight is 352 g/mol. The first-order valence-corrected chi connectivity index (χ1v) is 9.99. The molecule has 0 spiro atoms. The summed E-state index contributed by atoms with van der Waals surface area (Å²) in [6, 6.07) is 21.3. The van der Waals surface area contributed by atoms with Crippen LogP contribution < -0.4 is 0 Å². The average Bonchev–Trinajstić information content (AvgIpc) is 2.68. The van der Waals surface area contributed by atoms with Crippen LogP contribution in [0.25, 0.3) is 0 Å². The summed E-state index contributed by atoms with van der Waals surface area (Å²) >= 11 is 0. The molecule has 26 heavy (non-hydrogen) atoms. The molecule has 140 valence electrons. The number of benzene rings is 2. The summed E-state index contributed by atoms with van der Waals surface area (Å²) in [4.78, 5) is 2.41. The van der Waals surface area contributed by atoms with Gasteiger partial charge in [-0.25, -0.2) is 0 Å². The van der Waals surface area contributed by atoms with E-state index in [1.54, 1.807) is 0 Å². The van der Waals surface area contributed by atoms with Crippen LogP contribution in [0.1, 0.15) is 49.7 Å². The second kappa shape index (κ2) is 8.37. The van der Waals surface area contributed by atoms with Gasteiger partial charge in [-0.3, -0.25) is 0 Å². The minimum absolute atomic E-state index is 0.217. The summed E-state index contributed by atoms with van der Waals surface area (Å²) in [6.07, 6.45) is 8.10. The fourth-order valence-corrected chi connectivity index (χ4v) is 4.39. The van der Waals surface area contributed by atoms with Gasteiger partial charge in [-0.2, -0.15) is 0 Å². The zero-order chi connectivity index (χ0) is 18.5. The van der Waals surface area contributed by atoms with Gasteiger partial charge in [-0.1, -0.05) is 60.7 Å². The maximum absolute atomic E-state index is 11.1. The van der Waals surface area contributed by atoms with Crippen molar-refractivity contribution in [2.75, 3.05) is 14.1 Å². The van der Waals surface area contributed by atoms with Gasteiger partial charge < -0.3 is 10.0 Å². The van der Waals surface area contributed by atoms with E-state index in [1.807, 2.05) is 0 Å². The van der Waals surface area contributed by atoms with Crippen molar-refractivity contribution >= 4 is 0 Å². The molecule has 2 aromatic rings. The predicted octanol–water partition coefficient (Wildman–Crippen LogP) is 4.86. The third-order valence-electron chi connectivity index (χ3n) is 6.50. The minimum Gasteiger partial charge on any atom is -0.390 e. The highest BCUT2D eigenvalue weighted by Gasteiger charge is 2.42. The summed E-state index contributed by atoms with van der Waals surface area (Å²) in [5.74, 6) is 0. The van der Waals surface area contributed by atoms with Crippen molar-refractivity contribution in [3.05, 3.63) is 71.8 Å². The van der Waals surface area contributed by atoms with E-state index in [0.29, 0.717) is 0 Å². The molecule has 0 amide bonds. The highest BCUT2D eigenvalue weighted by atomic mass is 16.3. The van der Waals surface area contributed by atoms with E-state index in [1.165, 1.54) is 17.5 Å². The lowest BCUT2D eigenvalue weighted by Crippen LogP contribution is -2.51. The Morgan fingerprint density at radius 3 is 1.65 bits per heavy atom. The number of hydrogen-bond acceptors (Lipinski definition) is 2. The van der Waals surface area contributed by atoms with Crippen LogP contribution in [0.5, 0.6) is 0 Å². The van der Waals surface area contributed by atoms with Crippen LogP contribution >= 0.6 is 0 Å². The van der Waals surface area contributed by atoms with Crippen molar-refractivity contribution in [3.8, 4) is 0 Å². The Kier molecular flexibility index (Phi) is 6.16. The predicted molar refractivity (Wildman–Crippen MR) is 109 cm³/mol. The molecular formula is C24H33NO. The van der Waals surface area contributed by atoms with E-state index in [9.17, 15) is 5.11 Å². The van der Waals surface area contributed by atoms with Crippen LogP contribution in [0.2, 0.25) is 0 Å². The maximum atomic E-state index is 11.1. The first-order valence-electron chi connectivity index (χ1n) is 9.99. The van der Waals surface area contributed by atoms with Gasteiger partial charge in [-0.05, 0) is 76.6 Å². The molecule has 0 atom stereocenters. The van der Waals surface area contributed by atoms with Gasteiger partial charge in [-0.15, -0.1) is 0 Å². The highest BCUT2D eigenvalue weighted by molar-refractivity contribution is 5.17. The summed E-state index contributed by atoms with van der Waals surface area (Å²) in [6.45, 7) is 0. The van der Waals surface area contributed by atoms with E-state index in [0.717, 1.165) is 44.9 Å². The van der Waals surface area contributed by atoms with Gasteiger partial charge in [0.05, 0.1) is 5.60 Å². The Morgan fingerprint density at radius 1 is 0.731 bits per heavy atom. The summed E-state index contributed by atoms with van der Waals surface area (Å²) in [7, 11) is 4.42. The van der Waals surface area contributed by atoms with Crippen LogP contribution in [0.4, 0.5) is 0 Å². The van der Waals surface area contributed by atoms with Crippen molar-refractivity contribution in [1.29, 1.82) is 0 Å². The third kappa shape index (κ3) is 4.75. The van der Waals surface area contributed by atoms with E-state index < -0.39 is 5.60 Å². The molecule has 0 aliphatic heterocycles. The first-order chi connectivity index (χ1) is 12.5. The first kappa shape index (κ1) is 19.1. The Balaban J connectivity index is 1.57.